The fourth-order valence-electron chi connectivity index (χ4n) is 1.86. The van der Waals surface area contributed by atoms with E-state index in [4.69, 9.17) is 5.11 Å². The smallest absolute Gasteiger partial charge is 0.147 e. The number of rotatable bonds is 5. The maximum atomic E-state index is 9.11. The summed E-state index contributed by atoms with van der Waals surface area (Å²) in [5, 5.41) is 9.11. The van der Waals surface area contributed by atoms with Crippen LogP contribution in [0.15, 0.2) is 30.6 Å². The minimum atomic E-state index is -0.0961. The third kappa shape index (κ3) is 3.48. The van der Waals surface area contributed by atoms with Crippen molar-refractivity contribution >= 4 is 5.82 Å². The maximum absolute atomic E-state index is 9.11. The second-order valence-corrected chi connectivity index (χ2v) is 4.31. The van der Waals surface area contributed by atoms with Gasteiger partial charge in [-0.3, -0.25) is 9.97 Å². The van der Waals surface area contributed by atoms with Crippen LogP contribution in [0.1, 0.15) is 24.0 Å². The van der Waals surface area contributed by atoms with E-state index in [1.807, 2.05) is 25.1 Å². The van der Waals surface area contributed by atoms with E-state index < -0.39 is 0 Å². The fraction of sp³-hybridized carbons (Fsp3) is 0.357. The molecule has 0 atom stereocenters. The van der Waals surface area contributed by atoms with Crippen LogP contribution in [-0.2, 0) is 13.2 Å². The summed E-state index contributed by atoms with van der Waals surface area (Å²) in [4.78, 5) is 15.0. The van der Waals surface area contributed by atoms with Crippen LogP contribution in [0.3, 0.4) is 0 Å². The summed E-state index contributed by atoms with van der Waals surface area (Å²) in [7, 11) is 0. The van der Waals surface area contributed by atoms with Crippen LogP contribution in [0, 0.1) is 6.92 Å². The molecule has 0 spiro atoms. The molecule has 0 fully saturated rings. The first-order valence-corrected chi connectivity index (χ1v) is 6.32. The molecule has 0 bridgehead atoms. The molecule has 2 heterocycles. The molecule has 0 aliphatic heterocycles. The van der Waals surface area contributed by atoms with E-state index in [2.05, 4.69) is 26.8 Å². The Kier molecular flexibility index (Phi) is 4.41. The highest BCUT2D eigenvalue weighted by Crippen LogP contribution is 2.13. The number of aliphatic hydroxyl groups excluding tert-OH is 1. The molecule has 5 heteroatoms. The monoisotopic (exact) mass is 258 g/mol. The Balaban J connectivity index is 2.19. The molecule has 0 unspecified atom stereocenters. The molecule has 0 aliphatic rings. The van der Waals surface area contributed by atoms with Gasteiger partial charge in [0.25, 0.3) is 0 Å². The minimum Gasteiger partial charge on any atom is -0.390 e. The zero-order chi connectivity index (χ0) is 13.7. The molecule has 1 N–H and O–H groups in total. The van der Waals surface area contributed by atoms with E-state index >= 15 is 0 Å². The Morgan fingerprint density at radius 2 is 2.00 bits per heavy atom. The lowest BCUT2D eigenvalue weighted by atomic mass is 10.3. The molecule has 0 saturated heterocycles. The van der Waals surface area contributed by atoms with E-state index in [9.17, 15) is 0 Å². The maximum Gasteiger partial charge on any atom is 0.147 e. The Morgan fingerprint density at radius 1 is 1.16 bits per heavy atom. The Hall–Kier alpha value is -2.01. The van der Waals surface area contributed by atoms with Crippen molar-refractivity contribution in [3.05, 3.63) is 47.7 Å². The highest BCUT2D eigenvalue weighted by molar-refractivity contribution is 5.36. The second-order valence-electron chi connectivity index (χ2n) is 4.31. The molecule has 100 valence electrons. The SMILES string of the molecule is CCN(Cc1cccc(C)n1)c1cncc(CO)n1. The van der Waals surface area contributed by atoms with E-state index in [0.29, 0.717) is 12.2 Å². The Labute approximate surface area is 113 Å². The lowest BCUT2D eigenvalue weighted by Gasteiger charge is -2.21. The first-order valence-electron chi connectivity index (χ1n) is 6.32. The number of aromatic nitrogens is 3. The third-order valence-electron chi connectivity index (χ3n) is 2.84. The first-order chi connectivity index (χ1) is 9.22. The molecule has 2 rings (SSSR count). The van der Waals surface area contributed by atoms with Gasteiger partial charge in [-0.25, -0.2) is 4.98 Å². The van der Waals surface area contributed by atoms with Gasteiger partial charge in [0.15, 0.2) is 0 Å². The minimum absolute atomic E-state index is 0.0961. The average Bonchev–Trinajstić information content (AvgIpc) is 2.45. The van der Waals surface area contributed by atoms with Gasteiger partial charge in [-0.1, -0.05) is 6.07 Å². The number of nitrogens with zero attached hydrogens (tertiary/aromatic N) is 4. The van der Waals surface area contributed by atoms with Crippen molar-refractivity contribution in [1.29, 1.82) is 0 Å². The summed E-state index contributed by atoms with van der Waals surface area (Å²) < 4.78 is 0. The molecule has 0 aliphatic carbocycles. The molecular weight excluding hydrogens is 240 g/mol. The van der Waals surface area contributed by atoms with Crippen molar-refractivity contribution in [3.63, 3.8) is 0 Å². The molecule has 0 saturated carbocycles. The number of aryl methyl sites for hydroxylation is 1. The fourth-order valence-corrected chi connectivity index (χ4v) is 1.86. The van der Waals surface area contributed by atoms with E-state index in [-0.39, 0.29) is 6.61 Å². The van der Waals surface area contributed by atoms with Gasteiger partial charge in [-0.05, 0) is 26.0 Å². The normalized spacial score (nSPS) is 10.5. The number of hydrogen-bond donors (Lipinski definition) is 1. The van der Waals surface area contributed by atoms with Crippen LogP contribution in [0.25, 0.3) is 0 Å². The van der Waals surface area contributed by atoms with Crippen LogP contribution in [0.5, 0.6) is 0 Å². The molecule has 2 aromatic heterocycles. The molecule has 0 amide bonds. The van der Waals surface area contributed by atoms with Crippen molar-refractivity contribution < 1.29 is 5.11 Å². The van der Waals surface area contributed by atoms with Gasteiger partial charge in [-0.15, -0.1) is 0 Å². The van der Waals surface area contributed by atoms with Crippen molar-refractivity contribution in [1.82, 2.24) is 15.0 Å². The van der Waals surface area contributed by atoms with Gasteiger partial charge >= 0.3 is 0 Å². The number of anilines is 1. The second kappa shape index (κ2) is 6.24. The van der Waals surface area contributed by atoms with E-state index in [1.165, 1.54) is 0 Å². The zero-order valence-electron chi connectivity index (χ0n) is 11.2. The topological polar surface area (TPSA) is 62.1 Å². The zero-order valence-corrected chi connectivity index (χ0v) is 11.2. The van der Waals surface area contributed by atoms with Crippen molar-refractivity contribution in [2.75, 3.05) is 11.4 Å². The van der Waals surface area contributed by atoms with Gasteiger partial charge in [0.1, 0.15) is 5.82 Å². The Morgan fingerprint density at radius 3 is 2.68 bits per heavy atom. The quantitative estimate of drug-likeness (QED) is 0.884. The Bertz CT molecular complexity index is 544. The van der Waals surface area contributed by atoms with Crippen LogP contribution >= 0.6 is 0 Å². The summed E-state index contributed by atoms with van der Waals surface area (Å²) in [6.07, 6.45) is 3.28. The van der Waals surface area contributed by atoms with E-state index in [0.717, 1.165) is 23.8 Å². The number of aliphatic hydroxyl groups is 1. The largest absolute Gasteiger partial charge is 0.390 e. The highest BCUT2D eigenvalue weighted by Gasteiger charge is 2.09. The molecule has 19 heavy (non-hydrogen) atoms. The van der Waals surface area contributed by atoms with Crippen molar-refractivity contribution in [3.8, 4) is 0 Å². The van der Waals surface area contributed by atoms with Crippen LogP contribution in [-0.4, -0.2) is 26.6 Å². The molecule has 0 radical (unpaired) electrons. The predicted octanol–water partition coefficient (Wildman–Crippen LogP) is 1.70. The lowest BCUT2D eigenvalue weighted by Crippen LogP contribution is -2.24. The molecule has 5 nitrogen and oxygen atoms in total. The van der Waals surface area contributed by atoms with Gasteiger partial charge in [0.2, 0.25) is 0 Å². The van der Waals surface area contributed by atoms with Crippen molar-refractivity contribution in [2.24, 2.45) is 0 Å². The molecular formula is C14H18N4O. The van der Waals surface area contributed by atoms with Gasteiger partial charge in [-0.2, -0.15) is 0 Å². The summed E-state index contributed by atoms with van der Waals surface area (Å²) in [6.45, 7) is 5.43. The van der Waals surface area contributed by atoms with Crippen LogP contribution in [0.2, 0.25) is 0 Å². The predicted molar refractivity (Wildman–Crippen MR) is 73.7 cm³/mol. The molecule has 2 aromatic rings. The highest BCUT2D eigenvalue weighted by atomic mass is 16.3. The summed E-state index contributed by atoms with van der Waals surface area (Å²) >= 11 is 0. The standard InChI is InChI=1S/C14H18N4O/c1-3-18(9-12-6-4-5-11(2)16-12)14-8-15-7-13(10-19)17-14/h4-8,19H,3,9-10H2,1-2H3. The lowest BCUT2D eigenvalue weighted by molar-refractivity contribution is 0.276. The third-order valence-corrected chi connectivity index (χ3v) is 2.84. The summed E-state index contributed by atoms with van der Waals surface area (Å²) in [5.41, 5.74) is 2.58. The first kappa shape index (κ1) is 13.4. The van der Waals surface area contributed by atoms with Crippen LogP contribution in [0.4, 0.5) is 5.82 Å². The van der Waals surface area contributed by atoms with Crippen molar-refractivity contribution in [2.45, 2.75) is 27.0 Å². The van der Waals surface area contributed by atoms with Gasteiger partial charge < -0.3 is 10.0 Å². The van der Waals surface area contributed by atoms with Crippen LogP contribution < -0.4 is 4.90 Å². The van der Waals surface area contributed by atoms with E-state index in [1.54, 1.807) is 12.4 Å². The van der Waals surface area contributed by atoms with Gasteiger partial charge in [0, 0.05) is 12.2 Å². The average molecular weight is 258 g/mol. The van der Waals surface area contributed by atoms with Gasteiger partial charge in [0.05, 0.1) is 36.9 Å². The summed E-state index contributed by atoms with van der Waals surface area (Å²) in [6, 6.07) is 5.98. The molecule has 0 aromatic carbocycles. The summed E-state index contributed by atoms with van der Waals surface area (Å²) in [5.74, 6) is 0.761. The number of pyridine rings is 1. The number of hydrogen-bond acceptors (Lipinski definition) is 5.